The lowest BCUT2D eigenvalue weighted by Crippen LogP contribution is -2.23. The van der Waals surface area contributed by atoms with Crippen LogP contribution < -0.4 is 5.32 Å². The monoisotopic (exact) mass is 371 g/mol. The number of rotatable bonds is 3. The lowest BCUT2D eigenvalue weighted by molar-refractivity contribution is 0.462. The molecular weight excluding hydrogens is 353 g/mol. The summed E-state index contributed by atoms with van der Waals surface area (Å²) >= 11 is 12.2. The molecule has 1 saturated carbocycles. The molecule has 3 nitrogen and oxygen atoms in total. The van der Waals surface area contributed by atoms with E-state index in [1.54, 1.807) is 6.07 Å². The molecule has 1 aliphatic rings. The summed E-state index contributed by atoms with van der Waals surface area (Å²) < 4.78 is 0. The van der Waals surface area contributed by atoms with Gasteiger partial charge in [0.05, 0.1) is 15.6 Å². The van der Waals surface area contributed by atoms with E-state index in [0.717, 1.165) is 22.3 Å². The molecule has 1 fully saturated rings. The van der Waals surface area contributed by atoms with E-state index in [4.69, 9.17) is 33.2 Å². The lowest BCUT2D eigenvalue weighted by atomic mass is 9.95. The molecule has 128 valence electrons. The number of nitrogens with one attached hydrogen (secondary N) is 1. The van der Waals surface area contributed by atoms with Crippen LogP contribution in [0.5, 0.6) is 0 Å². The van der Waals surface area contributed by atoms with Crippen LogP contribution in [0.25, 0.3) is 22.3 Å². The van der Waals surface area contributed by atoms with Crippen LogP contribution >= 0.6 is 23.2 Å². The van der Waals surface area contributed by atoms with Crippen LogP contribution in [0.1, 0.15) is 32.1 Å². The highest BCUT2D eigenvalue weighted by Crippen LogP contribution is 2.31. The normalized spacial score (nSPS) is 15.4. The van der Waals surface area contributed by atoms with E-state index in [-0.39, 0.29) is 0 Å². The predicted octanol–water partition coefficient (Wildman–Crippen LogP) is 6.35. The summed E-state index contributed by atoms with van der Waals surface area (Å²) in [7, 11) is 0. The van der Waals surface area contributed by atoms with Crippen LogP contribution in [-0.4, -0.2) is 16.0 Å². The van der Waals surface area contributed by atoms with Crippen molar-refractivity contribution in [2.24, 2.45) is 0 Å². The fraction of sp³-hybridized carbons (Fsp3) is 0.300. The zero-order chi connectivity index (χ0) is 17.2. The number of para-hydroxylation sites is 1. The van der Waals surface area contributed by atoms with Crippen molar-refractivity contribution in [3.63, 3.8) is 0 Å². The Bertz CT molecular complexity index is 905. The lowest BCUT2D eigenvalue weighted by Gasteiger charge is -2.24. The fourth-order valence-electron chi connectivity index (χ4n) is 3.39. The van der Waals surface area contributed by atoms with Gasteiger partial charge in [0.25, 0.3) is 0 Å². The number of halogens is 2. The van der Waals surface area contributed by atoms with E-state index in [9.17, 15) is 0 Å². The van der Waals surface area contributed by atoms with Gasteiger partial charge in [0.1, 0.15) is 5.82 Å². The van der Waals surface area contributed by atoms with Gasteiger partial charge in [-0.15, -0.1) is 0 Å². The van der Waals surface area contributed by atoms with E-state index in [2.05, 4.69) is 11.4 Å². The Morgan fingerprint density at radius 2 is 1.68 bits per heavy atom. The summed E-state index contributed by atoms with van der Waals surface area (Å²) in [4.78, 5) is 9.53. The van der Waals surface area contributed by atoms with Gasteiger partial charge in [0.2, 0.25) is 0 Å². The van der Waals surface area contributed by atoms with E-state index in [1.165, 1.54) is 32.1 Å². The van der Waals surface area contributed by atoms with Gasteiger partial charge in [-0.05, 0) is 43.2 Å². The van der Waals surface area contributed by atoms with Gasteiger partial charge in [-0.3, -0.25) is 0 Å². The Morgan fingerprint density at radius 3 is 2.48 bits per heavy atom. The second-order valence-corrected chi connectivity index (χ2v) is 7.34. The Kier molecular flexibility index (Phi) is 4.78. The molecule has 0 radical (unpaired) electrons. The molecule has 25 heavy (non-hydrogen) atoms. The summed E-state index contributed by atoms with van der Waals surface area (Å²) in [6.45, 7) is 0. The van der Waals surface area contributed by atoms with E-state index < -0.39 is 0 Å². The third kappa shape index (κ3) is 3.58. The predicted molar refractivity (Wildman–Crippen MR) is 105 cm³/mol. The van der Waals surface area contributed by atoms with Gasteiger partial charge >= 0.3 is 0 Å². The smallest absolute Gasteiger partial charge is 0.162 e. The second kappa shape index (κ2) is 7.19. The van der Waals surface area contributed by atoms with Crippen LogP contribution in [0.4, 0.5) is 5.82 Å². The Balaban J connectivity index is 1.78. The highest BCUT2D eigenvalue weighted by atomic mass is 35.5. The van der Waals surface area contributed by atoms with E-state index in [1.807, 2.05) is 30.3 Å². The van der Waals surface area contributed by atoms with Crippen molar-refractivity contribution >= 4 is 39.9 Å². The molecule has 0 aliphatic heterocycles. The maximum absolute atomic E-state index is 6.17. The SMILES string of the molecule is Clc1ccc(-c2nc(NC3CCCCC3)c3ccccc3n2)cc1Cl. The van der Waals surface area contributed by atoms with Crippen molar-refractivity contribution < 1.29 is 0 Å². The maximum Gasteiger partial charge on any atom is 0.162 e. The molecule has 0 spiro atoms. The quantitative estimate of drug-likeness (QED) is 0.582. The summed E-state index contributed by atoms with van der Waals surface area (Å²) in [5.74, 6) is 1.56. The van der Waals surface area contributed by atoms with Gasteiger partial charge in [0, 0.05) is 17.0 Å². The average Bonchev–Trinajstić information content (AvgIpc) is 2.65. The molecule has 1 heterocycles. The zero-order valence-corrected chi connectivity index (χ0v) is 15.3. The van der Waals surface area contributed by atoms with Crippen molar-refractivity contribution in [2.75, 3.05) is 5.32 Å². The van der Waals surface area contributed by atoms with Crippen molar-refractivity contribution in [1.29, 1.82) is 0 Å². The average molecular weight is 372 g/mol. The molecule has 0 unspecified atom stereocenters. The summed E-state index contributed by atoms with van der Waals surface area (Å²) in [6, 6.07) is 14.1. The van der Waals surface area contributed by atoms with Crippen LogP contribution in [0.3, 0.4) is 0 Å². The molecule has 4 rings (SSSR count). The molecule has 0 saturated heterocycles. The maximum atomic E-state index is 6.17. The highest BCUT2D eigenvalue weighted by molar-refractivity contribution is 6.42. The van der Waals surface area contributed by atoms with Gasteiger partial charge in [-0.2, -0.15) is 0 Å². The number of hydrogen-bond donors (Lipinski definition) is 1. The zero-order valence-electron chi connectivity index (χ0n) is 13.8. The molecule has 0 amide bonds. The number of fused-ring (bicyclic) bond motifs is 1. The van der Waals surface area contributed by atoms with Gasteiger partial charge in [0.15, 0.2) is 5.82 Å². The minimum Gasteiger partial charge on any atom is -0.367 e. The van der Waals surface area contributed by atoms with Crippen molar-refractivity contribution in [3.05, 3.63) is 52.5 Å². The minimum absolute atomic E-state index is 0.480. The van der Waals surface area contributed by atoms with Gasteiger partial charge in [-0.25, -0.2) is 9.97 Å². The number of nitrogens with zero attached hydrogens (tertiary/aromatic N) is 2. The fourth-order valence-corrected chi connectivity index (χ4v) is 3.69. The largest absolute Gasteiger partial charge is 0.367 e. The number of benzene rings is 2. The standard InChI is InChI=1S/C20H19Cl2N3/c21-16-11-10-13(12-17(16)22)19-24-18-9-5-4-8-15(18)20(25-19)23-14-6-2-1-3-7-14/h4-5,8-12,14H,1-3,6-7H2,(H,23,24,25). The highest BCUT2D eigenvalue weighted by Gasteiger charge is 2.16. The first kappa shape index (κ1) is 16.6. The minimum atomic E-state index is 0.480. The van der Waals surface area contributed by atoms with Crippen LogP contribution in [0, 0.1) is 0 Å². The third-order valence-electron chi connectivity index (χ3n) is 4.73. The first-order valence-electron chi connectivity index (χ1n) is 8.69. The van der Waals surface area contributed by atoms with Crippen molar-refractivity contribution in [2.45, 2.75) is 38.1 Å². The van der Waals surface area contributed by atoms with E-state index in [0.29, 0.717) is 21.9 Å². The summed E-state index contributed by atoms with van der Waals surface area (Å²) in [5, 5.41) is 5.75. The molecule has 1 aromatic heterocycles. The molecule has 2 aromatic carbocycles. The van der Waals surface area contributed by atoms with Gasteiger partial charge < -0.3 is 5.32 Å². The Morgan fingerprint density at radius 1 is 0.880 bits per heavy atom. The van der Waals surface area contributed by atoms with Crippen LogP contribution in [0.2, 0.25) is 10.0 Å². The van der Waals surface area contributed by atoms with E-state index >= 15 is 0 Å². The van der Waals surface area contributed by atoms with Crippen LogP contribution in [-0.2, 0) is 0 Å². The van der Waals surface area contributed by atoms with Crippen LogP contribution in [0.15, 0.2) is 42.5 Å². The van der Waals surface area contributed by atoms with Gasteiger partial charge in [-0.1, -0.05) is 54.6 Å². The number of aromatic nitrogens is 2. The number of anilines is 1. The Labute approximate surface area is 157 Å². The first-order valence-corrected chi connectivity index (χ1v) is 9.45. The molecule has 1 aliphatic carbocycles. The van der Waals surface area contributed by atoms with Crippen molar-refractivity contribution in [3.8, 4) is 11.4 Å². The molecular formula is C20H19Cl2N3. The third-order valence-corrected chi connectivity index (χ3v) is 5.47. The number of hydrogen-bond acceptors (Lipinski definition) is 3. The molecule has 1 N–H and O–H groups in total. The van der Waals surface area contributed by atoms with Crippen molar-refractivity contribution in [1.82, 2.24) is 9.97 Å². The topological polar surface area (TPSA) is 37.8 Å². The molecule has 0 atom stereocenters. The molecule has 3 aromatic rings. The molecule has 5 heteroatoms. The second-order valence-electron chi connectivity index (χ2n) is 6.52. The molecule has 0 bridgehead atoms. The summed E-state index contributed by atoms with van der Waals surface area (Å²) in [5.41, 5.74) is 1.80. The first-order chi connectivity index (χ1) is 12.2. The summed E-state index contributed by atoms with van der Waals surface area (Å²) in [6.07, 6.45) is 6.28. The Hall–Kier alpha value is -1.84.